The van der Waals surface area contributed by atoms with Crippen LogP contribution in [0.15, 0.2) is 57.4 Å². The highest BCUT2D eigenvalue weighted by Crippen LogP contribution is 2.31. The molecule has 1 unspecified atom stereocenters. The zero-order valence-corrected chi connectivity index (χ0v) is 14.4. The van der Waals surface area contributed by atoms with Crippen molar-refractivity contribution in [2.24, 2.45) is 0 Å². The summed E-state index contributed by atoms with van der Waals surface area (Å²) in [5, 5.41) is 3.89. The number of hydrogen-bond donors (Lipinski definition) is 1. The third-order valence-corrected chi connectivity index (χ3v) is 4.33. The van der Waals surface area contributed by atoms with E-state index >= 15 is 0 Å². The maximum atomic E-state index is 12.4. The number of furan rings is 1. The van der Waals surface area contributed by atoms with E-state index in [4.69, 9.17) is 9.15 Å². The fourth-order valence-corrected chi connectivity index (χ4v) is 2.89. The molecule has 0 radical (unpaired) electrons. The van der Waals surface area contributed by atoms with E-state index in [0.29, 0.717) is 22.7 Å². The van der Waals surface area contributed by atoms with E-state index in [1.807, 2.05) is 49.4 Å². The first kappa shape index (κ1) is 15.6. The molecule has 0 saturated heterocycles. The molecule has 0 fully saturated rings. The van der Waals surface area contributed by atoms with Crippen molar-refractivity contribution < 1.29 is 13.9 Å². The van der Waals surface area contributed by atoms with Crippen LogP contribution in [0.4, 0.5) is 0 Å². The number of carbonyl (C=O) groups excluding carboxylic acids is 1. The predicted molar refractivity (Wildman–Crippen MR) is 92.8 cm³/mol. The molecule has 0 aliphatic heterocycles. The van der Waals surface area contributed by atoms with Gasteiger partial charge in [0.1, 0.15) is 5.76 Å². The number of methoxy groups -OCH3 is 1. The summed E-state index contributed by atoms with van der Waals surface area (Å²) < 4.78 is 11.9. The number of nitrogens with one attached hydrogen (secondary N) is 1. The van der Waals surface area contributed by atoms with Crippen LogP contribution in [0, 0.1) is 0 Å². The molecule has 5 heteroatoms. The van der Waals surface area contributed by atoms with Crippen molar-refractivity contribution in [3.05, 3.63) is 64.3 Å². The molecule has 23 heavy (non-hydrogen) atoms. The molecule has 0 saturated carbocycles. The van der Waals surface area contributed by atoms with Gasteiger partial charge in [0.25, 0.3) is 5.91 Å². The molecule has 0 bridgehead atoms. The minimum Gasteiger partial charge on any atom is -0.493 e. The molecule has 118 valence electrons. The standard InChI is InChI=1S/C18H16BrNO3/c1-11(20-18(21)13-7-3-4-8-14(13)19)16-10-12-6-5-9-15(22-2)17(12)23-16/h3-11H,1-2H3,(H,20,21). The van der Waals surface area contributed by atoms with Crippen molar-refractivity contribution in [2.45, 2.75) is 13.0 Å². The molecule has 1 heterocycles. The molecule has 2 aromatic carbocycles. The van der Waals surface area contributed by atoms with E-state index in [-0.39, 0.29) is 11.9 Å². The first-order valence-electron chi connectivity index (χ1n) is 7.22. The predicted octanol–water partition coefficient (Wildman–Crippen LogP) is 4.69. The lowest BCUT2D eigenvalue weighted by Crippen LogP contribution is -2.26. The van der Waals surface area contributed by atoms with E-state index in [1.54, 1.807) is 13.2 Å². The Bertz CT molecular complexity index is 856. The summed E-state index contributed by atoms with van der Waals surface area (Å²) in [5.41, 5.74) is 1.28. The van der Waals surface area contributed by atoms with Crippen LogP contribution in [0.5, 0.6) is 5.75 Å². The monoisotopic (exact) mass is 373 g/mol. The Kier molecular flexibility index (Phi) is 4.39. The van der Waals surface area contributed by atoms with Crippen LogP contribution in [0.25, 0.3) is 11.0 Å². The zero-order valence-electron chi connectivity index (χ0n) is 12.8. The van der Waals surface area contributed by atoms with E-state index in [9.17, 15) is 4.79 Å². The van der Waals surface area contributed by atoms with Crippen LogP contribution in [0.3, 0.4) is 0 Å². The number of amides is 1. The third kappa shape index (κ3) is 3.10. The highest BCUT2D eigenvalue weighted by molar-refractivity contribution is 9.10. The molecular weight excluding hydrogens is 358 g/mol. The SMILES string of the molecule is COc1cccc2cc(C(C)NC(=O)c3ccccc3Br)oc12. The van der Waals surface area contributed by atoms with Crippen LogP contribution in [0.1, 0.15) is 29.1 Å². The summed E-state index contributed by atoms with van der Waals surface area (Å²) in [6.45, 7) is 1.89. The van der Waals surface area contributed by atoms with Gasteiger partial charge < -0.3 is 14.5 Å². The lowest BCUT2D eigenvalue weighted by Gasteiger charge is -2.12. The Balaban J connectivity index is 1.85. The summed E-state index contributed by atoms with van der Waals surface area (Å²) >= 11 is 3.39. The van der Waals surface area contributed by atoms with Gasteiger partial charge in [-0.25, -0.2) is 0 Å². The van der Waals surface area contributed by atoms with Crippen molar-refractivity contribution in [1.29, 1.82) is 0 Å². The van der Waals surface area contributed by atoms with Gasteiger partial charge in [-0.1, -0.05) is 24.3 Å². The smallest absolute Gasteiger partial charge is 0.253 e. The molecule has 1 amide bonds. The molecule has 1 N–H and O–H groups in total. The number of ether oxygens (including phenoxy) is 1. The molecule has 0 aliphatic rings. The van der Waals surface area contributed by atoms with E-state index in [1.165, 1.54) is 0 Å². The first-order chi connectivity index (χ1) is 11.1. The normalized spacial score (nSPS) is 12.1. The van der Waals surface area contributed by atoms with Crippen molar-refractivity contribution in [3.63, 3.8) is 0 Å². The van der Waals surface area contributed by atoms with Crippen LogP contribution >= 0.6 is 15.9 Å². The Labute approximate surface area is 142 Å². The fourth-order valence-electron chi connectivity index (χ4n) is 2.42. The average Bonchev–Trinajstić information content (AvgIpc) is 2.99. The Hall–Kier alpha value is -2.27. The van der Waals surface area contributed by atoms with Gasteiger partial charge in [-0.2, -0.15) is 0 Å². The summed E-state index contributed by atoms with van der Waals surface area (Å²) in [6.07, 6.45) is 0. The Morgan fingerprint density at radius 3 is 2.74 bits per heavy atom. The number of fused-ring (bicyclic) bond motifs is 1. The van der Waals surface area contributed by atoms with E-state index < -0.39 is 0 Å². The number of halogens is 1. The summed E-state index contributed by atoms with van der Waals surface area (Å²) in [5.74, 6) is 1.21. The van der Waals surface area contributed by atoms with Gasteiger partial charge in [0.15, 0.2) is 11.3 Å². The minimum absolute atomic E-state index is 0.155. The third-order valence-electron chi connectivity index (χ3n) is 3.64. The summed E-state index contributed by atoms with van der Waals surface area (Å²) in [7, 11) is 1.61. The van der Waals surface area contributed by atoms with Crippen molar-refractivity contribution in [3.8, 4) is 5.75 Å². The van der Waals surface area contributed by atoms with Crippen molar-refractivity contribution in [2.75, 3.05) is 7.11 Å². The second-order valence-corrected chi connectivity index (χ2v) is 6.06. The number of rotatable bonds is 4. The highest BCUT2D eigenvalue weighted by Gasteiger charge is 2.17. The minimum atomic E-state index is -0.258. The second kappa shape index (κ2) is 6.46. The maximum absolute atomic E-state index is 12.4. The Morgan fingerprint density at radius 2 is 2.00 bits per heavy atom. The van der Waals surface area contributed by atoms with E-state index in [0.717, 1.165) is 9.86 Å². The number of benzene rings is 2. The van der Waals surface area contributed by atoms with Gasteiger partial charge in [0, 0.05) is 9.86 Å². The van der Waals surface area contributed by atoms with Crippen LogP contribution in [0.2, 0.25) is 0 Å². The molecule has 0 spiro atoms. The lowest BCUT2D eigenvalue weighted by atomic mass is 10.1. The summed E-state index contributed by atoms with van der Waals surface area (Å²) in [4.78, 5) is 12.4. The van der Waals surface area contributed by atoms with Crippen molar-refractivity contribution in [1.82, 2.24) is 5.32 Å². The van der Waals surface area contributed by atoms with Crippen LogP contribution in [-0.4, -0.2) is 13.0 Å². The lowest BCUT2D eigenvalue weighted by molar-refractivity contribution is 0.0935. The van der Waals surface area contributed by atoms with Gasteiger partial charge in [0.05, 0.1) is 18.7 Å². The van der Waals surface area contributed by atoms with Crippen LogP contribution < -0.4 is 10.1 Å². The van der Waals surface area contributed by atoms with Gasteiger partial charge in [-0.15, -0.1) is 0 Å². The first-order valence-corrected chi connectivity index (χ1v) is 8.01. The summed E-state index contributed by atoms with van der Waals surface area (Å²) in [6, 6.07) is 14.7. The van der Waals surface area contributed by atoms with E-state index in [2.05, 4.69) is 21.2 Å². The van der Waals surface area contributed by atoms with Crippen molar-refractivity contribution >= 4 is 32.8 Å². The molecule has 3 aromatic rings. The number of para-hydroxylation sites is 1. The zero-order chi connectivity index (χ0) is 16.4. The largest absolute Gasteiger partial charge is 0.493 e. The topological polar surface area (TPSA) is 51.5 Å². The van der Waals surface area contributed by atoms with Crippen LogP contribution in [-0.2, 0) is 0 Å². The maximum Gasteiger partial charge on any atom is 0.253 e. The van der Waals surface area contributed by atoms with Gasteiger partial charge in [0.2, 0.25) is 0 Å². The number of hydrogen-bond acceptors (Lipinski definition) is 3. The Morgan fingerprint density at radius 1 is 1.22 bits per heavy atom. The molecular formula is C18H16BrNO3. The molecule has 1 aromatic heterocycles. The molecule has 0 aliphatic carbocycles. The van der Waals surface area contributed by atoms with Gasteiger partial charge >= 0.3 is 0 Å². The fraction of sp³-hybridized carbons (Fsp3) is 0.167. The molecule has 3 rings (SSSR count). The van der Waals surface area contributed by atoms with Gasteiger partial charge in [-0.3, -0.25) is 4.79 Å². The van der Waals surface area contributed by atoms with Gasteiger partial charge in [-0.05, 0) is 47.1 Å². The molecule has 4 nitrogen and oxygen atoms in total. The number of carbonyl (C=O) groups is 1. The quantitative estimate of drug-likeness (QED) is 0.721. The highest BCUT2D eigenvalue weighted by atomic mass is 79.9. The molecule has 1 atom stereocenters. The second-order valence-electron chi connectivity index (χ2n) is 5.20. The average molecular weight is 374 g/mol.